The molecule has 2 amide bonds. The fourth-order valence-electron chi connectivity index (χ4n) is 3.42. The van der Waals surface area contributed by atoms with E-state index in [0.29, 0.717) is 38.0 Å². The number of nitrogens with one attached hydrogen (secondary N) is 1. The third-order valence-corrected chi connectivity index (χ3v) is 5.20. The molecule has 1 fully saturated rings. The molecule has 0 aliphatic carbocycles. The van der Waals surface area contributed by atoms with Crippen LogP contribution < -0.4 is 5.32 Å². The van der Waals surface area contributed by atoms with Crippen molar-refractivity contribution >= 4 is 11.8 Å². The molecule has 1 aliphatic rings. The molecule has 27 heavy (non-hydrogen) atoms. The quantitative estimate of drug-likeness (QED) is 0.877. The van der Waals surface area contributed by atoms with E-state index in [2.05, 4.69) is 24.4 Å². The molecule has 3 rings (SSSR count). The number of likely N-dealkylation sites (tertiary alicyclic amines) is 1. The molecule has 1 heterocycles. The summed E-state index contributed by atoms with van der Waals surface area (Å²) in [6.07, 6.45) is 1.30. The zero-order valence-electron chi connectivity index (χ0n) is 15.5. The maximum atomic E-state index is 13.0. The third-order valence-electron chi connectivity index (χ3n) is 5.20. The minimum atomic E-state index is -0.355. The van der Waals surface area contributed by atoms with Crippen molar-refractivity contribution in [3.05, 3.63) is 71.5 Å². The first-order valence-electron chi connectivity index (χ1n) is 9.42. The summed E-state index contributed by atoms with van der Waals surface area (Å²) < 4.78 is 13.0. The Kier molecular flexibility index (Phi) is 6.22. The van der Waals surface area contributed by atoms with Crippen LogP contribution in [0.3, 0.4) is 0 Å². The first-order chi connectivity index (χ1) is 13.0. The summed E-state index contributed by atoms with van der Waals surface area (Å²) in [6.45, 7) is 3.79. The summed E-state index contributed by atoms with van der Waals surface area (Å²) in [5.41, 5.74) is 1.69. The normalized spacial score (nSPS) is 16.0. The van der Waals surface area contributed by atoms with Gasteiger partial charge in [0.05, 0.1) is 0 Å². The summed E-state index contributed by atoms with van der Waals surface area (Å²) in [5, 5.41) is 3.05. The predicted octanol–water partition coefficient (Wildman–Crippen LogP) is 3.60. The van der Waals surface area contributed by atoms with Gasteiger partial charge in [-0.2, -0.15) is 0 Å². The molecule has 2 aromatic carbocycles. The zero-order chi connectivity index (χ0) is 19.2. The lowest BCUT2D eigenvalue weighted by Crippen LogP contribution is -2.43. The highest BCUT2D eigenvalue weighted by Crippen LogP contribution is 2.20. The number of hydrogen-bond donors (Lipinski definition) is 1. The first-order valence-corrected chi connectivity index (χ1v) is 9.42. The lowest BCUT2D eigenvalue weighted by atomic mass is 9.94. The number of rotatable bonds is 5. The Balaban J connectivity index is 1.46. The third kappa shape index (κ3) is 4.94. The van der Waals surface area contributed by atoms with Crippen molar-refractivity contribution in [3.63, 3.8) is 0 Å². The molecule has 0 aromatic heterocycles. The fourth-order valence-corrected chi connectivity index (χ4v) is 3.42. The van der Waals surface area contributed by atoms with Crippen molar-refractivity contribution < 1.29 is 14.0 Å². The molecule has 1 saturated heterocycles. The van der Waals surface area contributed by atoms with Gasteiger partial charge in [0, 0.05) is 31.1 Å². The molecular weight excluding hydrogens is 343 g/mol. The lowest BCUT2D eigenvalue weighted by molar-refractivity contribution is -0.126. The van der Waals surface area contributed by atoms with Crippen LogP contribution in [0.2, 0.25) is 0 Å². The molecule has 1 unspecified atom stereocenters. The van der Waals surface area contributed by atoms with Crippen LogP contribution in [-0.2, 0) is 4.79 Å². The van der Waals surface area contributed by atoms with Crippen LogP contribution in [0.5, 0.6) is 0 Å². The molecule has 0 bridgehead atoms. The van der Waals surface area contributed by atoms with Crippen LogP contribution in [0.15, 0.2) is 54.6 Å². The van der Waals surface area contributed by atoms with Gasteiger partial charge in [-0.3, -0.25) is 9.59 Å². The molecule has 1 N–H and O–H groups in total. The number of amides is 2. The molecule has 1 aliphatic heterocycles. The van der Waals surface area contributed by atoms with Crippen molar-refractivity contribution in [2.75, 3.05) is 19.6 Å². The highest BCUT2D eigenvalue weighted by Gasteiger charge is 2.27. The van der Waals surface area contributed by atoms with Gasteiger partial charge in [-0.25, -0.2) is 4.39 Å². The summed E-state index contributed by atoms with van der Waals surface area (Å²) in [4.78, 5) is 26.7. The van der Waals surface area contributed by atoms with Gasteiger partial charge in [0.15, 0.2) is 0 Å². The van der Waals surface area contributed by atoms with Gasteiger partial charge < -0.3 is 10.2 Å². The zero-order valence-corrected chi connectivity index (χ0v) is 15.5. The van der Waals surface area contributed by atoms with Gasteiger partial charge in [-0.1, -0.05) is 37.3 Å². The van der Waals surface area contributed by atoms with Crippen LogP contribution in [-0.4, -0.2) is 36.3 Å². The summed E-state index contributed by atoms with van der Waals surface area (Å²) >= 11 is 0. The topological polar surface area (TPSA) is 49.4 Å². The van der Waals surface area contributed by atoms with Crippen molar-refractivity contribution in [2.45, 2.75) is 25.7 Å². The van der Waals surface area contributed by atoms with E-state index < -0.39 is 0 Å². The highest BCUT2D eigenvalue weighted by molar-refractivity contribution is 5.94. The van der Waals surface area contributed by atoms with Gasteiger partial charge in [0.2, 0.25) is 5.91 Å². The molecule has 2 aromatic rings. The molecule has 1 atom stereocenters. The first kappa shape index (κ1) is 19.1. The van der Waals surface area contributed by atoms with E-state index in [1.165, 1.54) is 29.8 Å². The lowest BCUT2D eigenvalue weighted by Gasteiger charge is -2.31. The van der Waals surface area contributed by atoms with Gasteiger partial charge in [-0.05, 0) is 48.6 Å². The van der Waals surface area contributed by atoms with Gasteiger partial charge in [-0.15, -0.1) is 0 Å². The molecule has 0 radical (unpaired) electrons. The fraction of sp³-hybridized carbons (Fsp3) is 0.364. The molecule has 0 saturated carbocycles. The van der Waals surface area contributed by atoms with Crippen molar-refractivity contribution in [2.24, 2.45) is 5.92 Å². The van der Waals surface area contributed by atoms with Crippen molar-refractivity contribution in [1.82, 2.24) is 10.2 Å². The Hall–Kier alpha value is -2.69. The average Bonchev–Trinajstić information content (AvgIpc) is 2.72. The minimum absolute atomic E-state index is 0.0617. The maximum absolute atomic E-state index is 13.0. The Labute approximate surface area is 159 Å². The Morgan fingerprint density at radius 2 is 1.70 bits per heavy atom. The van der Waals surface area contributed by atoms with E-state index in [9.17, 15) is 14.0 Å². The SMILES string of the molecule is CC(CNC(=O)C1CCN(C(=O)c2ccc(F)cc2)CC1)c1ccccc1. The summed E-state index contributed by atoms with van der Waals surface area (Å²) in [7, 11) is 0. The van der Waals surface area contributed by atoms with Gasteiger partial charge >= 0.3 is 0 Å². The average molecular weight is 368 g/mol. The van der Waals surface area contributed by atoms with Gasteiger partial charge in [0.1, 0.15) is 5.82 Å². The van der Waals surface area contributed by atoms with Crippen LogP contribution >= 0.6 is 0 Å². The highest BCUT2D eigenvalue weighted by atomic mass is 19.1. The minimum Gasteiger partial charge on any atom is -0.355 e. The smallest absolute Gasteiger partial charge is 0.253 e. The van der Waals surface area contributed by atoms with Crippen molar-refractivity contribution in [3.8, 4) is 0 Å². The Morgan fingerprint density at radius 3 is 2.33 bits per heavy atom. The number of carbonyl (C=O) groups excluding carboxylic acids is 2. The number of piperidine rings is 1. The second-order valence-corrected chi connectivity index (χ2v) is 7.13. The van der Waals surface area contributed by atoms with E-state index in [1.54, 1.807) is 4.90 Å². The van der Waals surface area contributed by atoms with Crippen LogP contribution in [0.25, 0.3) is 0 Å². The Bertz CT molecular complexity index is 769. The van der Waals surface area contributed by atoms with Gasteiger partial charge in [0.25, 0.3) is 5.91 Å². The second kappa shape index (κ2) is 8.80. The van der Waals surface area contributed by atoms with Crippen LogP contribution in [0.4, 0.5) is 4.39 Å². The molecule has 0 spiro atoms. The maximum Gasteiger partial charge on any atom is 0.253 e. The number of hydrogen-bond acceptors (Lipinski definition) is 2. The van der Waals surface area contributed by atoms with E-state index in [1.807, 2.05) is 18.2 Å². The van der Waals surface area contributed by atoms with E-state index in [-0.39, 0.29) is 29.5 Å². The van der Waals surface area contributed by atoms with E-state index in [0.717, 1.165) is 0 Å². The molecule has 5 heteroatoms. The second-order valence-electron chi connectivity index (χ2n) is 7.13. The van der Waals surface area contributed by atoms with Crippen molar-refractivity contribution in [1.29, 1.82) is 0 Å². The number of carbonyl (C=O) groups is 2. The number of halogens is 1. The van der Waals surface area contributed by atoms with E-state index in [4.69, 9.17) is 0 Å². The molecule has 142 valence electrons. The standard InChI is InChI=1S/C22H25FN2O2/c1-16(17-5-3-2-4-6-17)15-24-21(26)18-11-13-25(14-12-18)22(27)19-7-9-20(23)10-8-19/h2-10,16,18H,11-15H2,1H3,(H,24,26). The van der Waals surface area contributed by atoms with Crippen LogP contribution in [0.1, 0.15) is 41.6 Å². The molecule has 4 nitrogen and oxygen atoms in total. The largest absolute Gasteiger partial charge is 0.355 e. The number of nitrogens with zero attached hydrogens (tertiary/aromatic N) is 1. The monoisotopic (exact) mass is 368 g/mol. The summed E-state index contributed by atoms with van der Waals surface area (Å²) in [5.74, 6) is -0.203. The number of benzene rings is 2. The van der Waals surface area contributed by atoms with Crippen LogP contribution in [0, 0.1) is 11.7 Å². The van der Waals surface area contributed by atoms with E-state index >= 15 is 0 Å². The Morgan fingerprint density at radius 1 is 1.07 bits per heavy atom. The summed E-state index contributed by atoms with van der Waals surface area (Å²) in [6, 6.07) is 15.7. The molecular formula is C22H25FN2O2. The predicted molar refractivity (Wildman–Crippen MR) is 103 cm³/mol.